The van der Waals surface area contributed by atoms with Crippen molar-refractivity contribution < 1.29 is 0 Å². The molecule has 5 nitrogen and oxygen atoms in total. The van der Waals surface area contributed by atoms with E-state index in [2.05, 4.69) is 35.4 Å². The minimum atomic E-state index is 0. The zero-order chi connectivity index (χ0) is 13.1. The highest BCUT2D eigenvalue weighted by Crippen LogP contribution is 2.13. The molecule has 0 amide bonds. The molecule has 2 heterocycles. The molecular formula is C13H22ClN5. The highest BCUT2D eigenvalue weighted by Gasteiger charge is 2.08. The number of rotatable bonds is 5. The van der Waals surface area contributed by atoms with Crippen LogP contribution in [0.5, 0.6) is 0 Å². The molecule has 0 spiro atoms. The summed E-state index contributed by atoms with van der Waals surface area (Å²) in [5.41, 5.74) is 3.54. The van der Waals surface area contributed by atoms with E-state index in [1.54, 1.807) is 0 Å². The van der Waals surface area contributed by atoms with E-state index in [1.807, 2.05) is 35.7 Å². The summed E-state index contributed by atoms with van der Waals surface area (Å²) in [6.07, 6.45) is 1.82. The third-order valence-electron chi connectivity index (χ3n) is 3.12. The summed E-state index contributed by atoms with van der Waals surface area (Å²) in [6, 6.07) is 4.19. The van der Waals surface area contributed by atoms with Crippen molar-refractivity contribution >= 4 is 12.4 Å². The molecule has 0 aliphatic heterocycles. The fraction of sp³-hybridized carbons (Fsp3) is 0.538. The Balaban J connectivity index is 0.00000180. The second-order valence-electron chi connectivity index (χ2n) is 4.89. The number of halogens is 1. The van der Waals surface area contributed by atoms with E-state index in [0.717, 1.165) is 18.8 Å². The molecule has 2 rings (SSSR count). The van der Waals surface area contributed by atoms with Crippen LogP contribution >= 0.6 is 12.4 Å². The largest absolute Gasteiger partial charge is 0.306 e. The highest BCUT2D eigenvalue weighted by atomic mass is 35.5. The molecule has 0 aromatic carbocycles. The highest BCUT2D eigenvalue weighted by molar-refractivity contribution is 5.85. The lowest BCUT2D eigenvalue weighted by Gasteiger charge is -2.05. The Bertz CT molecular complexity index is 515. The maximum Gasteiger partial charge on any atom is 0.0653 e. The molecule has 2 aromatic rings. The van der Waals surface area contributed by atoms with Gasteiger partial charge in [0.15, 0.2) is 0 Å². The van der Waals surface area contributed by atoms with Crippen molar-refractivity contribution in [2.45, 2.75) is 32.9 Å². The van der Waals surface area contributed by atoms with Crippen LogP contribution in [0.1, 0.15) is 36.8 Å². The molecule has 0 bridgehead atoms. The molecule has 6 heteroatoms. The second kappa shape index (κ2) is 6.73. The van der Waals surface area contributed by atoms with Crippen molar-refractivity contribution in [3.8, 4) is 0 Å². The van der Waals surface area contributed by atoms with Crippen molar-refractivity contribution in [2.24, 2.45) is 14.1 Å². The Morgan fingerprint density at radius 3 is 2.37 bits per heavy atom. The molecule has 0 saturated carbocycles. The average Bonchev–Trinajstić information content (AvgIpc) is 2.87. The normalized spacial score (nSPS) is 10.8. The molecule has 19 heavy (non-hydrogen) atoms. The van der Waals surface area contributed by atoms with Gasteiger partial charge in [-0.3, -0.25) is 9.36 Å². The lowest BCUT2D eigenvalue weighted by atomic mass is 10.1. The molecule has 0 unspecified atom stereocenters. The summed E-state index contributed by atoms with van der Waals surface area (Å²) in [7, 11) is 3.95. The minimum Gasteiger partial charge on any atom is -0.306 e. The first-order chi connectivity index (χ1) is 8.58. The summed E-state index contributed by atoms with van der Waals surface area (Å²) in [6.45, 7) is 5.96. The Hall–Kier alpha value is -1.33. The van der Waals surface area contributed by atoms with Crippen LogP contribution in [0.2, 0.25) is 0 Å². The van der Waals surface area contributed by atoms with E-state index in [-0.39, 0.29) is 12.4 Å². The van der Waals surface area contributed by atoms with E-state index in [4.69, 9.17) is 0 Å². The maximum absolute atomic E-state index is 4.50. The van der Waals surface area contributed by atoms with Gasteiger partial charge in [0.05, 0.1) is 17.1 Å². The number of aromatic nitrogens is 4. The predicted octanol–water partition coefficient (Wildman–Crippen LogP) is 1.99. The van der Waals surface area contributed by atoms with E-state index < -0.39 is 0 Å². The van der Waals surface area contributed by atoms with Crippen molar-refractivity contribution in [3.63, 3.8) is 0 Å². The Labute approximate surface area is 120 Å². The van der Waals surface area contributed by atoms with Gasteiger partial charge in [-0.05, 0) is 18.1 Å². The van der Waals surface area contributed by atoms with Gasteiger partial charge < -0.3 is 5.32 Å². The molecule has 2 aromatic heterocycles. The number of hydrogen-bond donors (Lipinski definition) is 1. The predicted molar refractivity (Wildman–Crippen MR) is 78.3 cm³/mol. The van der Waals surface area contributed by atoms with Gasteiger partial charge in [0.2, 0.25) is 0 Å². The van der Waals surface area contributed by atoms with Crippen molar-refractivity contribution in [2.75, 3.05) is 0 Å². The number of nitrogens with one attached hydrogen (secondary N) is 1. The van der Waals surface area contributed by atoms with Gasteiger partial charge in [0, 0.05) is 33.4 Å². The lowest BCUT2D eigenvalue weighted by Crippen LogP contribution is -2.17. The molecule has 0 aliphatic rings. The lowest BCUT2D eigenvalue weighted by molar-refractivity contribution is 0.592. The van der Waals surface area contributed by atoms with Gasteiger partial charge in [-0.25, -0.2) is 0 Å². The van der Waals surface area contributed by atoms with Crippen LogP contribution < -0.4 is 5.32 Å². The summed E-state index contributed by atoms with van der Waals surface area (Å²) < 4.78 is 3.83. The second-order valence-corrected chi connectivity index (χ2v) is 4.89. The summed E-state index contributed by atoms with van der Waals surface area (Å²) in [5, 5.41) is 12.1. The summed E-state index contributed by atoms with van der Waals surface area (Å²) >= 11 is 0. The summed E-state index contributed by atoms with van der Waals surface area (Å²) in [5.74, 6) is 0.474. The van der Waals surface area contributed by atoms with E-state index in [1.165, 1.54) is 11.4 Å². The van der Waals surface area contributed by atoms with Crippen LogP contribution in [0.15, 0.2) is 18.3 Å². The fourth-order valence-electron chi connectivity index (χ4n) is 1.87. The zero-order valence-corrected chi connectivity index (χ0v) is 12.7. The fourth-order valence-corrected chi connectivity index (χ4v) is 1.87. The summed E-state index contributed by atoms with van der Waals surface area (Å²) in [4.78, 5) is 0. The first kappa shape index (κ1) is 15.7. The van der Waals surface area contributed by atoms with Crippen LogP contribution in [-0.2, 0) is 27.2 Å². The van der Waals surface area contributed by atoms with Gasteiger partial charge >= 0.3 is 0 Å². The Morgan fingerprint density at radius 1 is 1.16 bits per heavy atom. The van der Waals surface area contributed by atoms with E-state index in [0.29, 0.717) is 5.92 Å². The molecule has 0 saturated heterocycles. The molecule has 0 atom stereocenters. The van der Waals surface area contributed by atoms with Gasteiger partial charge in [0.1, 0.15) is 0 Å². The van der Waals surface area contributed by atoms with Crippen molar-refractivity contribution in [3.05, 3.63) is 35.4 Å². The number of hydrogen-bond acceptors (Lipinski definition) is 3. The molecule has 106 valence electrons. The third-order valence-corrected chi connectivity index (χ3v) is 3.12. The first-order valence-electron chi connectivity index (χ1n) is 6.28. The quantitative estimate of drug-likeness (QED) is 0.913. The molecule has 0 aliphatic carbocycles. The van der Waals surface area contributed by atoms with E-state index in [9.17, 15) is 0 Å². The van der Waals surface area contributed by atoms with Crippen LogP contribution in [0, 0.1) is 0 Å². The van der Waals surface area contributed by atoms with Gasteiger partial charge in [-0.1, -0.05) is 13.8 Å². The SMILES string of the molecule is CC(C)c1cc(CNCc2ccnn2C)n(C)n1.Cl. The van der Waals surface area contributed by atoms with Gasteiger partial charge in [-0.15, -0.1) is 12.4 Å². The van der Waals surface area contributed by atoms with Crippen LogP contribution in [0.3, 0.4) is 0 Å². The average molecular weight is 284 g/mol. The molecule has 0 radical (unpaired) electrons. The standard InChI is InChI=1S/C13H21N5.ClH/c1-10(2)13-7-12(18(4)16-13)9-14-8-11-5-6-15-17(11)3;/h5-7,10,14H,8-9H2,1-4H3;1H. The van der Waals surface area contributed by atoms with Crippen LogP contribution in [0.4, 0.5) is 0 Å². The van der Waals surface area contributed by atoms with Gasteiger partial charge in [0.25, 0.3) is 0 Å². The van der Waals surface area contributed by atoms with Gasteiger partial charge in [-0.2, -0.15) is 10.2 Å². The number of nitrogens with zero attached hydrogens (tertiary/aromatic N) is 4. The number of aryl methyl sites for hydroxylation is 2. The monoisotopic (exact) mass is 283 g/mol. The smallest absolute Gasteiger partial charge is 0.0653 e. The zero-order valence-electron chi connectivity index (χ0n) is 11.9. The van der Waals surface area contributed by atoms with E-state index >= 15 is 0 Å². The van der Waals surface area contributed by atoms with Crippen LogP contribution in [0.25, 0.3) is 0 Å². The Morgan fingerprint density at radius 2 is 1.84 bits per heavy atom. The topological polar surface area (TPSA) is 47.7 Å². The third kappa shape index (κ3) is 3.81. The maximum atomic E-state index is 4.50. The molecular weight excluding hydrogens is 262 g/mol. The molecule has 0 fully saturated rings. The Kier molecular flexibility index (Phi) is 5.57. The van der Waals surface area contributed by atoms with Crippen molar-refractivity contribution in [1.29, 1.82) is 0 Å². The van der Waals surface area contributed by atoms with Crippen LogP contribution in [-0.4, -0.2) is 19.6 Å². The van der Waals surface area contributed by atoms with Crippen molar-refractivity contribution in [1.82, 2.24) is 24.9 Å². The molecule has 1 N–H and O–H groups in total. The first-order valence-corrected chi connectivity index (χ1v) is 6.28. The minimum absolute atomic E-state index is 0.